The van der Waals surface area contributed by atoms with E-state index in [1.807, 2.05) is 21.7 Å². The number of imidazole rings is 1. The van der Waals surface area contributed by atoms with Gasteiger partial charge in [0.05, 0.1) is 12.9 Å². The Morgan fingerprint density at radius 2 is 2.28 bits per heavy atom. The molecule has 2 fully saturated rings. The molecule has 2 atom stereocenters. The fourth-order valence-corrected chi connectivity index (χ4v) is 3.30. The molecule has 0 aliphatic heterocycles. The van der Waals surface area contributed by atoms with Gasteiger partial charge in [0.15, 0.2) is 0 Å². The molecule has 2 aliphatic rings. The van der Waals surface area contributed by atoms with Crippen molar-refractivity contribution in [1.29, 1.82) is 0 Å². The fraction of sp³-hybridized carbons (Fsp3) is 0.579. The van der Waals surface area contributed by atoms with Crippen LogP contribution in [0.3, 0.4) is 0 Å². The number of carbonyl (C=O) groups is 1. The second-order valence-corrected chi connectivity index (χ2v) is 7.37. The van der Waals surface area contributed by atoms with Gasteiger partial charge >= 0.3 is 6.03 Å². The maximum absolute atomic E-state index is 12.5. The quantitative estimate of drug-likeness (QED) is 0.748. The minimum atomic E-state index is 0.0193. The van der Waals surface area contributed by atoms with Gasteiger partial charge in [0.1, 0.15) is 11.5 Å². The van der Waals surface area contributed by atoms with Gasteiger partial charge in [-0.15, -0.1) is 0 Å². The molecule has 0 aromatic carbocycles. The number of carbonyl (C=O) groups excluding carboxylic acids is 1. The summed E-state index contributed by atoms with van der Waals surface area (Å²) in [6.45, 7) is 4.35. The zero-order valence-corrected chi connectivity index (χ0v) is 14.7. The van der Waals surface area contributed by atoms with Gasteiger partial charge in [0.2, 0.25) is 0 Å². The molecule has 0 spiro atoms. The molecule has 1 N–H and O–H groups in total. The highest BCUT2D eigenvalue weighted by Gasteiger charge is 2.37. The van der Waals surface area contributed by atoms with Gasteiger partial charge < -0.3 is 19.2 Å². The topological polar surface area (TPSA) is 63.3 Å². The van der Waals surface area contributed by atoms with Gasteiger partial charge in [-0.1, -0.05) is 6.92 Å². The van der Waals surface area contributed by atoms with Crippen molar-refractivity contribution in [2.45, 2.75) is 57.7 Å². The highest BCUT2D eigenvalue weighted by molar-refractivity contribution is 5.74. The Morgan fingerprint density at radius 1 is 1.44 bits per heavy atom. The van der Waals surface area contributed by atoms with E-state index in [0.29, 0.717) is 25.0 Å². The van der Waals surface area contributed by atoms with Gasteiger partial charge in [0, 0.05) is 37.4 Å². The van der Waals surface area contributed by atoms with Crippen molar-refractivity contribution in [3.05, 3.63) is 42.4 Å². The summed E-state index contributed by atoms with van der Waals surface area (Å²) in [4.78, 5) is 18.5. The normalized spacial score (nSPS) is 22.0. The predicted molar refractivity (Wildman–Crippen MR) is 94.0 cm³/mol. The Kier molecular flexibility index (Phi) is 4.51. The van der Waals surface area contributed by atoms with Crippen molar-refractivity contribution >= 4 is 6.03 Å². The van der Waals surface area contributed by atoms with Crippen LogP contribution in [0.15, 0.2) is 35.3 Å². The Bertz CT molecular complexity index is 705. The summed E-state index contributed by atoms with van der Waals surface area (Å²) in [5, 5.41) is 3.05. The lowest BCUT2D eigenvalue weighted by molar-refractivity contribution is 0.186. The van der Waals surface area contributed by atoms with Crippen LogP contribution < -0.4 is 5.32 Å². The van der Waals surface area contributed by atoms with Crippen LogP contribution in [0.5, 0.6) is 0 Å². The van der Waals surface area contributed by atoms with Crippen LogP contribution >= 0.6 is 0 Å². The van der Waals surface area contributed by atoms with Gasteiger partial charge in [0.25, 0.3) is 0 Å². The third-order valence-corrected chi connectivity index (χ3v) is 5.16. The summed E-state index contributed by atoms with van der Waals surface area (Å²) in [7, 11) is 0. The van der Waals surface area contributed by atoms with Crippen molar-refractivity contribution in [3.8, 4) is 0 Å². The van der Waals surface area contributed by atoms with E-state index < -0.39 is 0 Å². The molecule has 2 amide bonds. The van der Waals surface area contributed by atoms with E-state index in [0.717, 1.165) is 43.2 Å². The van der Waals surface area contributed by atoms with E-state index >= 15 is 0 Å². The zero-order chi connectivity index (χ0) is 17.2. The number of amides is 2. The first kappa shape index (κ1) is 16.2. The molecule has 2 aromatic rings. The number of aryl methyl sites for hydroxylation is 1. The molecule has 2 aliphatic carbocycles. The summed E-state index contributed by atoms with van der Waals surface area (Å²) in [5.74, 6) is 3.30. The highest BCUT2D eigenvalue weighted by Crippen LogP contribution is 2.47. The van der Waals surface area contributed by atoms with Crippen molar-refractivity contribution < 1.29 is 9.21 Å². The van der Waals surface area contributed by atoms with Gasteiger partial charge in [-0.3, -0.25) is 0 Å². The van der Waals surface area contributed by atoms with Crippen LogP contribution in [0.25, 0.3) is 0 Å². The van der Waals surface area contributed by atoms with Crippen molar-refractivity contribution in [1.82, 2.24) is 19.8 Å². The van der Waals surface area contributed by atoms with E-state index in [1.165, 1.54) is 6.42 Å². The summed E-state index contributed by atoms with van der Waals surface area (Å²) in [6.07, 6.45) is 9.81. The van der Waals surface area contributed by atoms with Crippen molar-refractivity contribution in [2.75, 3.05) is 6.54 Å². The van der Waals surface area contributed by atoms with Crippen LogP contribution in [0, 0.1) is 5.92 Å². The molecule has 6 heteroatoms. The first-order valence-electron chi connectivity index (χ1n) is 9.29. The number of furan rings is 1. The Morgan fingerprint density at radius 3 is 2.96 bits per heavy atom. The molecule has 2 aromatic heterocycles. The molecule has 2 unspecified atom stereocenters. The first-order chi connectivity index (χ1) is 12.2. The zero-order valence-electron chi connectivity index (χ0n) is 14.7. The summed E-state index contributed by atoms with van der Waals surface area (Å²) < 4.78 is 8.00. The molecule has 6 nitrogen and oxygen atoms in total. The van der Waals surface area contributed by atoms with Gasteiger partial charge in [-0.25, -0.2) is 9.78 Å². The summed E-state index contributed by atoms with van der Waals surface area (Å²) >= 11 is 0. The molecule has 0 bridgehead atoms. The number of aromatic nitrogens is 2. The molecule has 2 heterocycles. The average Bonchev–Trinajstić information content (AvgIpc) is 3.46. The number of nitrogens with zero attached hydrogens (tertiary/aromatic N) is 3. The Hall–Kier alpha value is -2.24. The lowest BCUT2D eigenvalue weighted by Crippen LogP contribution is -2.41. The number of hydrogen-bond donors (Lipinski definition) is 1. The van der Waals surface area contributed by atoms with E-state index in [4.69, 9.17) is 4.42 Å². The minimum absolute atomic E-state index is 0.0193. The maximum Gasteiger partial charge on any atom is 0.318 e. The molecular formula is C19H26N4O2. The molecule has 0 radical (unpaired) electrons. The van der Waals surface area contributed by atoms with Crippen LogP contribution in [0.2, 0.25) is 0 Å². The molecule has 134 valence electrons. The van der Waals surface area contributed by atoms with E-state index in [-0.39, 0.29) is 6.03 Å². The number of urea groups is 1. The summed E-state index contributed by atoms with van der Waals surface area (Å²) in [5.41, 5.74) is 0. The van der Waals surface area contributed by atoms with E-state index in [2.05, 4.69) is 23.3 Å². The van der Waals surface area contributed by atoms with Crippen LogP contribution in [0.4, 0.5) is 4.79 Å². The van der Waals surface area contributed by atoms with Crippen molar-refractivity contribution in [2.24, 2.45) is 5.92 Å². The van der Waals surface area contributed by atoms with Gasteiger partial charge in [-0.05, 0) is 43.7 Å². The molecular weight excluding hydrogens is 316 g/mol. The number of rotatable bonds is 8. The molecule has 4 rings (SSSR count). The standard InChI is InChI=1S/C19H26N4O2/c1-14-11-17(14)18-6-5-16(25-18)12-23(15-3-4-15)19(24)21-7-2-9-22-10-8-20-13-22/h5-6,8,10,13-15,17H,2-4,7,9,11-12H2,1H3,(H,21,24). The monoisotopic (exact) mass is 342 g/mol. The number of hydrogen-bond acceptors (Lipinski definition) is 3. The van der Waals surface area contributed by atoms with Gasteiger partial charge in [-0.2, -0.15) is 0 Å². The van der Waals surface area contributed by atoms with Crippen LogP contribution in [0.1, 0.15) is 50.0 Å². The predicted octanol–water partition coefficient (Wildman–Crippen LogP) is 3.36. The van der Waals surface area contributed by atoms with Crippen LogP contribution in [-0.4, -0.2) is 33.1 Å². The Labute approximate surface area is 148 Å². The summed E-state index contributed by atoms with van der Waals surface area (Å²) in [6, 6.07) is 4.49. The van der Waals surface area contributed by atoms with E-state index in [1.54, 1.807) is 12.5 Å². The van der Waals surface area contributed by atoms with Crippen molar-refractivity contribution in [3.63, 3.8) is 0 Å². The van der Waals surface area contributed by atoms with E-state index in [9.17, 15) is 4.79 Å². The highest BCUT2D eigenvalue weighted by atomic mass is 16.3. The fourth-order valence-electron chi connectivity index (χ4n) is 3.30. The Balaban J connectivity index is 1.27. The first-order valence-corrected chi connectivity index (χ1v) is 9.29. The SMILES string of the molecule is CC1CC1c1ccc(CN(C(=O)NCCCn2ccnc2)C2CC2)o1. The molecule has 25 heavy (non-hydrogen) atoms. The lowest BCUT2D eigenvalue weighted by atomic mass is 10.3. The second-order valence-electron chi connectivity index (χ2n) is 7.37. The number of nitrogens with one attached hydrogen (secondary N) is 1. The minimum Gasteiger partial charge on any atom is -0.464 e. The lowest BCUT2D eigenvalue weighted by Gasteiger charge is -2.21. The van der Waals surface area contributed by atoms with Crippen LogP contribution in [-0.2, 0) is 13.1 Å². The molecule has 2 saturated carbocycles. The largest absolute Gasteiger partial charge is 0.464 e. The maximum atomic E-state index is 12.5. The average molecular weight is 342 g/mol. The second kappa shape index (κ2) is 6.94. The smallest absolute Gasteiger partial charge is 0.318 e. The third-order valence-electron chi connectivity index (χ3n) is 5.16. The third kappa shape index (κ3) is 4.06. The molecule has 0 saturated heterocycles.